The Hall–Kier alpha value is -1.46. The number of nitrogens with two attached hydrogens (primary N) is 1. The lowest BCUT2D eigenvalue weighted by molar-refractivity contribution is 0.549. The maximum atomic E-state index is 5.91. The summed E-state index contributed by atoms with van der Waals surface area (Å²) in [6.45, 7) is 1.42. The Morgan fingerprint density at radius 2 is 1.89 bits per heavy atom. The summed E-state index contributed by atoms with van der Waals surface area (Å²) in [5, 5.41) is 0. The lowest BCUT2D eigenvalue weighted by Crippen LogP contribution is -2.45. The molecule has 0 saturated heterocycles. The lowest BCUT2D eigenvalue weighted by Gasteiger charge is -2.36. The van der Waals surface area contributed by atoms with E-state index >= 15 is 0 Å². The van der Waals surface area contributed by atoms with Gasteiger partial charge < -0.3 is 10.6 Å². The summed E-state index contributed by atoms with van der Waals surface area (Å²) >= 11 is 3.36. The van der Waals surface area contributed by atoms with Crippen LogP contribution in [-0.2, 0) is 13.0 Å². The maximum absolute atomic E-state index is 5.91. The first kappa shape index (κ1) is 12.6. The molecule has 3 rings (SSSR count). The number of aromatic nitrogens is 2. The van der Waals surface area contributed by atoms with Crippen LogP contribution in [0.3, 0.4) is 0 Å². The van der Waals surface area contributed by atoms with Crippen LogP contribution >= 0.6 is 15.9 Å². The van der Waals surface area contributed by atoms with Crippen molar-refractivity contribution in [2.45, 2.75) is 19.0 Å². The Bertz CT molecular complexity index is 570. The molecule has 1 unspecified atom stereocenters. The molecule has 0 saturated carbocycles. The third-order valence-electron chi connectivity index (χ3n) is 3.49. The van der Waals surface area contributed by atoms with Gasteiger partial charge in [0, 0.05) is 31.5 Å². The highest BCUT2D eigenvalue weighted by atomic mass is 79.9. The molecule has 0 spiro atoms. The first-order chi connectivity index (χ1) is 9.28. The van der Waals surface area contributed by atoms with Crippen molar-refractivity contribution < 1.29 is 0 Å². The average Bonchev–Trinajstić information content (AvgIpc) is 2.46. The molecule has 4 nitrogen and oxygen atoms in total. The smallest absolute Gasteiger partial charge is 0.225 e. The predicted octanol–water partition coefficient (Wildman–Crippen LogP) is 2.13. The van der Waals surface area contributed by atoms with Crippen LogP contribution in [0.5, 0.6) is 0 Å². The van der Waals surface area contributed by atoms with Crippen LogP contribution in [0.15, 0.2) is 41.1 Å². The minimum atomic E-state index is 0.260. The summed E-state index contributed by atoms with van der Waals surface area (Å²) in [7, 11) is 0. The second-order valence-corrected chi connectivity index (χ2v) is 5.61. The monoisotopic (exact) mass is 318 g/mol. The molecule has 1 aromatic carbocycles. The van der Waals surface area contributed by atoms with Crippen molar-refractivity contribution in [2.24, 2.45) is 5.73 Å². The lowest BCUT2D eigenvalue weighted by atomic mass is 9.94. The summed E-state index contributed by atoms with van der Waals surface area (Å²) < 4.78 is 0.887. The number of hydrogen-bond acceptors (Lipinski definition) is 4. The van der Waals surface area contributed by atoms with Crippen molar-refractivity contribution in [3.63, 3.8) is 0 Å². The number of anilines is 1. The van der Waals surface area contributed by atoms with E-state index in [1.807, 2.05) is 0 Å². The average molecular weight is 319 g/mol. The Balaban J connectivity index is 1.95. The third kappa shape index (κ3) is 2.48. The molecule has 0 amide bonds. The molecule has 1 aromatic heterocycles. The van der Waals surface area contributed by atoms with E-state index in [2.05, 4.69) is 55.1 Å². The van der Waals surface area contributed by atoms with Gasteiger partial charge >= 0.3 is 0 Å². The van der Waals surface area contributed by atoms with E-state index in [1.54, 1.807) is 12.4 Å². The first-order valence-corrected chi connectivity index (χ1v) is 7.08. The van der Waals surface area contributed by atoms with Gasteiger partial charge in [-0.15, -0.1) is 0 Å². The Morgan fingerprint density at radius 3 is 2.58 bits per heavy atom. The molecule has 19 heavy (non-hydrogen) atoms. The largest absolute Gasteiger partial charge is 0.332 e. The highest BCUT2D eigenvalue weighted by Crippen LogP contribution is 2.26. The first-order valence-electron chi connectivity index (χ1n) is 6.29. The molecule has 2 N–H and O–H groups in total. The van der Waals surface area contributed by atoms with Crippen LogP contribution in [0.4, 0.5) is 5.95 Å². The van der Waals surface area contributed by atoms with E-state index in [9.17, 15) is 0 Å². The summed E-state index contributed by atoms with van der Waals surface area (Å²) in [5.74, 6) is 0.744. The molecule has 2 aromatic rings. The predicted molar refractivity (Wildman–Crippen MR) is 78.9 cm³/mol. The van der Waals surface area contributed by atoms with Gasteiger partial charge in [-0.2, -0.15) is 0 Å². The number of hydrogen-bond donors (Lipinski definition) is 1. The van der Waals surface area contributed by atoms with Crippen molar-refractivity contribution in [3.8, 4) is 0 Å². The van der Waals surface area contributed by atoms with Crippen molar-refractivity contribution in [3.05, 3.63) is 52.3 Å². The van der Waals surface area contributed by atoms with E-state index in [1.165, 1.54) is 11.1 Å². The van der Waals surface area contributed by atoms with Gasteiger partial charge in [-0.1, -0.05) is 24.3 Å². The molecule has 1 atom stereocenters. The summed E-state index contributed by atoms with van der Waals surface area (Å²) in [4.78, 5) is 11.0. The zero-order valence-corrected chi connectivity index (χ0v) is 12.0. The van der Waals surface area contributed by atoms with Gasteiger partial charge in [-0.25, -0.2) is 9.97 Å². The molecule has 2 heterocycles. The molecule has 0 fully saturated rings. The van der Waals surface area contributed by atoms with Crippen molar-refractivity contribution in [2.75, 3.05) is 11.4 Å². The molecule has 1 aliphatic rings. The molecular formula is C14H15BrN4. The Kier molecular flexibility index (Phi) is 3.48. The minimum Gasteiger partial charge on any atom is -0.332 e. The van der Waals surface area contributed by atoms with Crippen molar-refractivity contribution >= 4 is 21.9 Å². The maximum Gasteiger partial charge on any atom is 0.225 e. The highest BCUT2D eigenvalue weighted by molar-refractivity contribution is 9.10. The molecule has 5 heteroatoms. The van der Waals surface area contributed by atoms with Gasteiger partial charge in [0.1, 0.15) is 0 Å². The fourth-order valence-electron chi connectivity index (χ4n) is 2.49. The van der Waals surface area contributed by atoms with Gasteiger partial charge in [0.05, 0.1) is 4.47 Å². The zero-order chi connectivity index (χ0) is 13.2. The van der Waals surface area contributed by atoms with E-state index in [-0.39, 0.29) is 6.04 Å². The van der Waals surface area contributed by atoms with E-state index in [0.29, 0.717) is 6.54 Å². The normalized spacial score (nSPS) is 18.2. The molecular weight excluding hydrogens is 304 g/mol. The van der Waals surface area contributed by atoms with Gasteiger partial charge in [0.2, 0.25) is 5.95 Å². The molecule has 0 radical (unpaired) electrons. The number of nitrogens with zero attached hydrogens (tertiary/aromatic N) is 3. The SMILES string of the molecule is NCC1Cc2ccccc2CN1c1ncc(Br)cn1. The second-order valence-electron chi connectivity index (χ2n) is 4.69. The Labute approximate surface area is 120 Å². The van der Waals surface area contributed by atoms with Crippen LogP contribution in [-0.4, -0.2) is 22.6 Å². The summed E-state index contributed by atoms with van der Waals surface area (Å²) in [6, 6.07) is 8.75. The third-order valence-corrected chi connectivity index (χ3v) is 3.90. The van der Waals surface area contributed by atoms with Gasteiger partial charge in [0.25, 0.3) is 0 Å². The number of fused-ring (bicyclic) bond motifs is 1. The van der Waals surface area contributed by atoms with Crippen LogP contribution < -0.4 is 10.6 Å². The van der Waals surface area contributed by atoms with Gasteiger partial charge in [-0.05, 0) is 33.5 Å². The zero-order valence-electron chi connectivity index (χ0n) is 10.5. The number of rotatable bonds is 2. The molecule has 1 aliphatic heterocycles. The standard InChI is InChI=1S/C14H15BrN4/c15-12-7-17-14(18-8-12)19-9-11-4-2-1-3-10(11)5-13(19)6-16/h1-4,7-8,13H,5-6,9,16H2. The van der Waals surface area contributed by atoms with Gasteiger partial charge in [-0.3, -0.25) is 0 Å². The van der Waals surface area contributed by atoms with Crippen LogP contribution in [0.25, 0.3) is 0 Å². The summed E-state index contributed by atoms with van der Waals surface area (Å²) in [5.41, 5.74) is 8.62. The number of benzene rings is 1. The second kappa shape index (κ2) is 5.27. The fraction of sp³-hybridized carbons (Fsp3) is 0.286. The number of halogens is 1. The van der Waals surface area contributed by atoms with E-state index in [4.69, 9.17) is 5.73 Å². The molecule has 0 bridgehead atoms. The topological polar surface area (TPSA) is 55.0 Å². The van der Waals surface area contributed by atoms with Crippen molar-refractivity contribution in [1.82, 2.24) is 9.97 Å². The van der Waals surface area contributed by atoms with E-state index < -0.39 is 0 Å². The Morgan fingerprint density at radius 1 is 1.21 bits per heavy atom. The highest BCUT2D eigenvalue weighted by Gasteiger charge is 2.26. The van der Waals surface area contributed by atoms with Gasteiger partial charge in [0.15, 0.2) is 0 Å². The van der Waals surface area contributed by atoms with E-state index in [0.717, 1.165) is 23.4 Å². The molecule has 98 valence electrons. The minimum absolute atomic E-state index is 0.260. The quantitative estimate of drug-likeness (QED) is 0.921. The van der Waals surface area contributed by atoms with Crippen LogP contribution in [0.1, 0.15) is 11.1 Å². The van der Waals surface area contributed by atoms with Crippen LogP contribution in [0.2, 0.25) is 0 Å². The summed E-state index contributed by atoms with van der Waals surface area (Å²) in [6.07, 6.45) is 4.50. The van der Waals surface area contributed by atoms with Crippen molar-refractivity contribution in [1.29, 1.82) is 0 Å². The molecule has 0 aliphatic carbocycles. The van der Waals surface area contributed by atoms with Crippen LogP contribution in [0, 0.1) is 0 Å². The fourth-order valence-corrected chi connectivity index (χ4v) is 2.69.